The molecule has 3 aromatic carbocycles. The lowest BCUT2D eigenvalue weighted by atomic mass is 9.98. The van der Waals surface area contributed by atoms with Gasteiger partial charge in [-0.1, -0.05) is 29.8 Å². The Morgan fingerprint density at radius 2 is 1.71 bits per heavy atom. The van der Waals surface area contributed by atoms with Crippen LogP contribution in [0.4, 0.5) is 0 Å². The van der Waals surface area contributed by atoms with E-state index in [-0.39, 0.29) is 28.4 Å². The Morgan fingerprint density at radius 3 is 2.43 bits per heavy atom. The molecule has 2 heterocycles. The van der Waals surface area contributed by atoms with Crippen LogP contribution in [0.1, 0.15) is 33.3 Å². The summed E-state index contributed by atoms with van der Waals surface area (Å²) in [7, 11) is 3.14. The Morgan fingerprint density at radius 1 is 0.971 bits per heavy atom. The summed E-state index contributed by atoms with van der Waals surface area (Å²) >= 11 is 6.13. The zero-order chi connectivity index (χ0) is 24.7. The molecule has 0 saturated heterocycles. The van der Waals surface area contributed by atoms with Gasteiger partial charge in [-0.15, -0.1) is 0 Å². The van der Waals surface area contributed by atoms with Crippen molar-refractivity contribution in [2.75, 3.05) is 20.8 Å². The van der Waals surface area contributed by atoms with E-state index in [4.69, 9.17) is 25.5 Å². The Bertz CT molecular complexity index is 1490. The highest BCUT2D eigenvalue weighted by Gasteiger charge is 2.42. The number of carbonyl (C=O) groups excluding carboxylic acids is 1. The first kappa shape index (κ1) is 22.8. The standard InChI is InChI=1S/C27H22ClNO6/c1-33-21-9-3-15(13-22(21)34-2)11-12-29-24(16-4-7-18(30)8-5-16)23-25(31)19-14-17(28)6-10-20(19)35-26(23)27(29)32/h3-10,13-14,24,30H,11-12H2,1-2H3. The first-order valence-electron chi connectivity index (χ1n) is 11.0. The molecule has 1 aliphatic rings. The number of phenols is 1. The van der Waals surface area contributed by atoms with Crippen molar-refractivity contribution in [1.82, 2.24) is 4.90 Å². The molecule has 1 atom stereocenters. The van der Waals surface area contributed by atoms with Crippen LogP contribution < -0.4 is 14.9 Å². The van der Waals surface area contributed by atoms with Gasteiger partial charge in [-0.25, -0.2) is 0 Å². The Hall–Kier alpha value is -3.97. The monoisotopic (exact) mass is 491 g/mol. The molecule has 4 aromatic rings. The number of carbonyl (C=O) groups is 1. The third kappa shape index (κ3) is 3.98. The minimum absolute atomic E-state index is 0.0233. The molecule has 0 radical (unpaired) electrons. The van der Waals surface area contributed by atoms with E-state index >= 15 is 0 Å². The van der Waals surface area contributed by atoms with Gasteiger partial charge in [0, 0.05) is 11.6 Å². The lowest BCUT2D eigenvalue weighted by Gasteiger charge is -2.25. The number of rotatable bonds is 6. The molecule has 0 bridgehead atoms. The first-order chi connectivity index (χ1) is 16.9. The number of fused-ring (bicyclic) bond motifs is 2. The van der Waals surface area contributed by atoms with Gasteiger partial charge in [-0.05, 0) is 60.0 Å². The van der Waals surface area contributed by atoms with Crippen LogP contribution in [0, 0.1) is 0 Å². The van der Waals surface area contributed by atoms with Crippen molar-refractivity contribution in [3.63, 3.8) is 0 Å². The van der Waals surface area contributed by atoms with Crippen LogP contribution >= 0.6 is 11.6 Å². The fourth-order valence-electron chi connectivity index (χ4n) is 4.51. The molecule has 1 N–H and O–H groups in total. The van der Waals surface area contributed by atoms with Crippen molar-refractivity contribution < 1.29 is 23.8 Å². The van der Waals surface area contributed by atoms with Crippen LogP contribution in [0.2, 0.25) is 5.02 Å². The number of methoxy groups -OCH3 is 2. The molecule has 1 aromatic heterocycles. The number of amides is 1. The maximum Gasteiger partial charge on any atom is 0.290 e. The van der Waals surface area contributed by atoms with E-state index in [1.165, 1.54) is 12.1 Å². The summed E-state index contributed by atoms with van der Waals surface area (Å²) in [5, 5.41) is 10.5. The molecule has 35 heavy (non-hydrogen) atoms. The third-order valence-corrected chi connectivity index (χ3v) is 6.46. The minimum atomic E-state index is -0.669. The highest BCUT2D eigenvalue weighted by atomic mass is 35.5. The van der Waals surface area contributed by atoms with Gasteiger partial charge in [-0.3, -0.25) is 9.59 Å². The highest BCUT2D eigenvalue weighted by molar-refractivity contribution is 6.31. The van der Waals surface area contributed by atoms with Gasteiger partial charge in [0.15, 0.2) is 16.9 Å². The van der Waals surface area contributed by atoms with Gasteiger partial charge in [0.25, 0.3) is 5.91 Å². The molecule has 5 rings (SSSR count). The van der Waals surface area contributed by atoms with Crippen LogP contribution in [0.25, 0.3) is 11.0 Å². The predicted molar refractivity (Wildman–Crippen MR) is 132 cm³/mol. The number of halogens is 1. The van der Waals surface area contributed by atoms with E-state index in [0.29, 0.717) is 46.0 Å². The van der Waals surface area contributed by atoms with E-state index in [1.807, 2.05) is 18.2 Å². The van der Waals surface area contributed by atoms with Gasteiger partial charge in [-0.2, -0.15) is 0 Å². The highest BCUT2D eigenvalue weighted by Crippen LogP contribution is 2.39. The molecule has 0 fully saturated rings. The Kier molecular flexibility index (Phi) is 5.86. The van der Waals surface area contributed by atoms with Crippen molar-refractivity contribution in [3.8, 4) is 17.2 Å². The number of phenolic OH excluding ortho intramolecular Hbond substituents is 1. The molecule has 178 valence electrons. The zero-order valence-corrected chi connectivity index (χ0v) is 19.8. The van der Waals surface area contributed by atoms with Crippen LogP contribution in [0.5, 0.6) is 17.2 Å². The molecule has 0 aliphatic carbocycles. The molecule has 1 amide bonds. The SMILES string of the molecule is COc1ccc(CCN2C(=O)c3oc4ccc(Cl)cc4c(=O)c3C2c2ccc(O)cc2)cc1OC. The summed E-state index contributed by atoms with van der Waals surface area (Å²) in [6.45, 7) is 0.320. The molecular weight excluding hydrogens is 470 g/mol. The average molecular weight is 492 g/mol. The quantitative estimate of drug-likeness (QED) is 0.410. The van der Waals surface area contributed by atoms with Crippen molar-refractivity contribution >= 4 is 28.5 Å². The summed E-state index contributed by atoms with van der Waals surface area (Å²) in [6.07, 6.45) is 0.508. The molecular formula is C27H22ClNO6. The van der Waals surface area contributed by atoms with E-state index in [2.05, 4.69) is 0 Å². The normalized spacial score (nSPS) is 14.9. The van der Waals surface area contributed by atoms with Crippen LogP contribution in [-0.2, 0) is 6.42 Å². The summed E-state index contributed by atoms with van der Waals surface area (Å²) in [5.74, 6) is 0.953. The smallest absolute Gasteiger partial charge is 0.290 e. The van der Waals surface area contributed by atoms with Gasteiger partial charge < -0.3 is 23.9 Å². The number of benzene rings is 3. The van der Waals surface area contributed by atoms with E-state index in [9.17, 15) is 14.7 Å². The van der Waals surface area contributed by atoms with Gasteiger partial charge in [0.2, 0.25) is 5.76 Å². The van der Waals surface area contributed by atoms with E-state index in [0.717, 1.165) is 5.56 Å². The number of nitrogens with zero attached hydrogens (tertiary/aromatic N) is 1. The molecule has 8 heteroatoms. The van der Waals surface area contributed by atoms with Crippen LogP contribution in [0.3, 0.4) is 0 Å². The first-order valence-corrected chi connectivity index (χ1v) is 11.4. The van der Waals surface area contributed by atoms with E-state index < -0.39 is 6.04 Å². The van der Waals surface area contributed by atoms with Crippen LogP contribution in [0.15, 0.2) is 69.9 Å². The van der Waals surface area contributed by atoms with Crippen molar-refractivity contribution in [3.05, 3.63) is 98.4 Å². The maximum atomic E-state index is 13.6. The molecule has 7 nitrogen and oxygen atoms in total. The van der Waals surface area contributed by atoms with Crippen molar-refractivity contribution in [1.29, 1.82) is 0 Å². The zero-order valence-electron chi connectivity index (χ0n) is 19.1. The van der Waals surface area contributed by atoms with Gasteiger partial charge >= 0.3 is 0 Å². The number of hydrogen-bond donors (Lipinski definition) is 1. The number of ether oxygens (including phenoxy) is 2. The fourth-order valence-corrected chi connectivity index (χ4v) is 4.68. The summed E-state index contributed by atoms with van der Waals surface area (Å²) < 4.78 is 16.6. The van der Waals surface area contributed by atoms with Gasteiger partial charge in [0.05, 0.1) is 31.2 Å². The largest absolute Gasteiger partial charge is 0.508 e. The fraction of sp³-hybridized carbons (Fsp3) is 0.185. The number of aromatic hydroxyl groups is 1. The van der Waals surface area contributed by atoms with Crippen LogP contribution in [-0.4, -0.2) is 36.7 Å². The third-order valence-electron chi connectivity index (χ3n) is 6.23. The Labute approximate surface area is 206 Å². The maximum absolute atomic E-state index is 13.6. The van der Waals surface area contributed by atoms with Gasteiger partial charge in [0.1, 0.15) is 11.3 Å². The molecule has 0 spiro atoms. The number of hydrogen-bond acceptors (Lipinski definition) is 6. The predicted octanol–water partition coefficient (Wildman–Crippen LogP) is 4.96. The molecule has 1 unspecified atom stereocenters. The second-order valence-corrected chi connectivity index (χ2v) is 8.68. The molecule has 1 aliphatic heterocycles. The summed E-state index contributed by atoms with van der Waals surface area (Å²) in [5.41, 5.74) is 1.90. The van der Waals surface area contributed by atoms with Crippen molar-refractivity contribution in [2.24, 2.45) is 0 Å². The lowest BCUT2D eigenvalue weighted by molar-refractivity contribution is 0.0730. The molecule has 0 saturated carbocycles. The second-order valence-electron chi connectivity index (χ2n) is 8.25. The average Bonchev–Trinajstić information content (AvgIpc) is 3.15. The topological polar surface area (TPSA) is 89.2 Å². The summed E-state index contributed by atoms with van der Waals surface area (Å²) in [4.78, 5) is 28.7. The van der Waals surface area contributed by atoms with Crippen molar-refractivity contribution in [2.45, 2.75) is 12.5 Å². The lowest BCUT2D eigenvalue weighted by Crippen LogP contribution is -2.31. The second kappa shape index (κ2) is 9.00. The van der Waals surface area contributed by atoms with E-state index in [1.54, 1.807) is 49.5 Å². The summed E-state index contributed by atoms with van der Waals surface area (Å²) in [6, 6.07) is 16.1. The Balaban J connectivity index is 1.58. The minimum Gasteiger partial charge on any atom is -0.508 e.